The van der Waals surface area contributed by atoms with Crippen molar-refractivity contribution in [3.05, 3.63) is 16.1 Å². The first-order valence-corrected chi connectivity index (χ1v) is 6.23. The van der Waals surface area contributed by atoms with Gasteiger partial charge in [-0.3, -0.25) is 4.79 Å². The molecule has 0 aliphatic rings. The maximum atomic E-state index is 11.7. The zero-order valence-electron chi connectivity index (χ0n) is 10.0. The molecule has 5 heteroatoms. The monoisotopic (exact) mass is 241 g/mol. The fourth-order valence-electron chi connectivity index (χ4n) is 1.16. The summed E-state index contributed by atoms with van der Waals surface area (Å²) in [6, 6.07) is 0. The molecule has 0 fully saturated rings. The Bertz CT molecular complexity index is 360. The van der Waals surface area contributed by atoms with Crippen molar-refractivity contribution in [1.82, 2.24) is 10.3 Å². The maximum Gasteiger partial charge on any atom is 0.226 e. The predicted molar refractivity (Wildman–Crippen MR) is 66.4 cm³/mol. The molecule has 16 heavy (non-hydrogen) atoms. The Morgan fingerprint density at radius 3 is 2.81 bits per heavy atom. The van der Waals surface area contributed by atoms with Gasteiger partial charge in [-0.2, -0.15) is 0 Å². The maximum absolute atomic E-state index is 11.7. The summed E-state index contributed by atoms with van der Waals surface area (Å²) in [5.74, 6) is 0.00181. The molecule has 0 unspecified atom stereocenters. The molecule has 4 nitrogen and oxygen atoms in total. The number of carbonyl (C=O) groups excluding carboxylic acids is 1. The van der Waals surface area contributed by atoms with E-state index in [1.807, 2.05) is 26.2 Å². The Morgan fingerprint density at radius 2 is 2.31 bits per heavy atom. The second-order valence-corrected chi connectivity index (χ2v) is 5.51. The molecule has 0 aliphatic heterocycles. The molecule has 1 heterocycles. The minimum absolute atomic E-state index is 0.00181. The summed E-state index contributed by atoms with van der Waals surface area (Å²) in [5.41, 5.74) is 6.07. The second-order valence-electron chi connectivity index (χ2n) is 4.45. The van der Waals surface area contributed by atoms with Crippen LogP contribution in [-0.2, 0) is 11.2 Å². The number of thiazole rings is 1. The van der Waals surface area contributed by atoms with E-state index in [4.69, 9.17) is 5.73 Å². The molecule has 1 amide bonds. The third-order valence-corrected chi connectivity index (χ3v) is 3.28. The molecule has 1 rings (SSSR count). The predicted octanol–water partition coefficient (Wildman–Crippen LogP) is 1.10. The van der Waals surface area contributed by atoms with E-state index in [0.717, 1.165) is 17.1 Å². The fraction of sp³-hybridized carbons (Fsp3) is 0.636. The number of nitrogens with two attached hydrogens (primary N) is 1. The average Bonchev–Trinajstić information content (AvgIpc) is 2.64. The van der Waals surface area contributed by atoms with Crippen molar-refractivity contribution in [2.45, 2.75) is 27.2 Å². The molecule has 0 aliphatic carbocycles. The molecule has 0 bridgehead atoms. The lowest BCUT2D eigenvalue weighted by atomic mass is 9.93. The van der Waals surface area contributed by atoms with Gasteiger partial charge in [0.25, 0.3) is 0 Å². The smallest absolute Gasteiger partial charge is 0.226 e. The largest absolute Gasteiger partial charge is 0.355 e. The van der Waals surface area contributed by atoms with E-state index in [9.17, 15) is 4.79 Å². The van der Waals surface area contributed by atoms with Crippen molar-refractivity contribution < 1.29 is 4.79 Å². The van der Waals surface area contributed by atoms with E-state index in [1.54, 1.807) is 11.3 Å². The van der Waals surface area contributed by atoms with Crippen molar-refractivity contribution in [3.8, 4) is 0 Å². The zero-order valence-corrected chi connectivity index (χ0v) is 10.9. The molecule has 0 atom stereocenters. The van der Waals surface area contributed by atoms with Crippen LogP contribution in [0.25, 0.3) is 0 Å². The van der Waals surface area contributed by atoms with Crippen LogP contribution in [-0.4, -0.2) is 24.0 Å². The average molecular weight is 241 g/mol. The van der Waals surface area contributed by atoms with E-state index in [2.05, 4.69) is 10.3 Å². The highest BCUT2D eigenvalue weighted by atomic mass is 32.1. The number of amides is 1. The molecule has 0 spiro atoms. The summed E-state index contributed by atoms with van der Waals surface area (Å²) in [6.07, 6.45) is 0.775. The minimum atomic E-state index is -0.488. The van der Waals surface area contributed by atoms with Crippen LogP contribution >= 0.6 is 11.3 Å². The van der Waals surface area contributed by atoms with E-state index in [0.29, 0.717) is 13.1 Å². The Kier molecular flexibility index (Phi) is 4.44. The van der Waals surface area contributed by atoms with Gasteiger partial charge in [-0.05, 0) is 20.8 Å². The van der Waals surface area contributed by atoms with E-state index in [1.165, 1.54) is 0 Å². The van der Waals surface area contributed by atoms with Gasteiger partial charge in [0.05, 0.1) is 16.1 Å². The van der Waals surface area contributed by atoms with Crippen LogP contribution in [0.15, 0.2) is 5.38 Å². The molecule has 90 valence electrons. The third-order valence-electron chi connectivity index (χ3n) is 2.46. The SMILES string of the molecule is Cc1nc(CCNC(=O)C(C)(C)CN)cs1. The number of aryl methyl sites for hydroxylation is 1. The summed E-state index contributed by atoms with van der Waals surface area (Å²) in [4.78, 5) is 16.0. The van der Waals surface area contributed by atoms with Gasteiger partial charge in [0, 0.05) is 24.9 Å². The topological polar surface area (TPSA) is 68.0 Å². The Labute approximate surface area is 100 Å². The van der Waals surface area contributed by atoms with Crippen molar-refractivity contribution >= 4 is 17.2 Å². The molecule has 0 radical (unpaired) electrons. The zero-order chi connectivity index (χ0) is 12.2. The summed E-state index contributed by atoms with van der Waals surface area (Å²) in [5, 5.41) is 5.96. The van der Waals surface area contributed by atoms with Crippen molar-refractivity contribution in [2.75, 3.05) is 13.1 Å². The second kappa shape index (κ2) is 5.41. The van der Waals surface area contributed by atoms with E-state index in [-0.39, 0.29) is 5.91 Å². The number of carbonyl (C=O) groups is 1. The summed E-state index contributed by atoms with van der Waals surface area (Å²) in [7, 11) is 0. The van der Waals surface area contributed by atoms with E-state index < -0.39 is 5.41 Å². The number of hydrogen-bond acceptors (Lipinski definition) is 4. The molecule has 0 saturated carbocycles. The van der Waals surface area contributed by atoms with Gasteiger partial charge >= 0.3 is 0 Å². The van der Waals surface area contributed by atoms with Gasteiger partial charge in [0.2, 0.25) is 5.91 Å². The van der Waals surface area contributed by atoms with Crippen molar-refractivity contribution in [3.63, 3.8) is 0 Å². The molecule has 1 aromatic rings. The first-order valence-electron chi connectivity index (χ1n) is 5.35. The highest BCUT2D eigenvalue weighted by Gasteiger charge is 2.24. The number of nitrogens with one attached hydrogen (secondary N) is 1. The van der Waals surface area contributed by atoms with Crippen LogP contribution < -0.4 is 11.1 Å². The highest BCUT2D eigenvalue weighted by Crippen LogP contribution is 2.12. The number of aromatic nitrogens is 1. The van der Waals surface area contributed by atoms with Crippen LogP contribution in [0.4, 0.5) is 0 Å². The number of hydrogen-bond donors (Lipinski definition) is 2. The highest BCUT2D eigenvalue weighted by molar-refractivity contribution is 7.09. The standard InChI is InChI=1S/C11H19N3OS/c1-8-14-9(6-16-8)4-5-13-10(15)11(2,3)7-12/h6H,4-5,7,12H2,1-3H3,(H,13,15). The Hall–Kier alpha value is -0.940. The van der Waals surface area contributed by atoms with Gasteiger partial charge in [0.15, 0.2) is 0 Å². The Morgan fingerprint density at radius 1 is 1.62 bits per heavy atom. The lowest BCUT2D eigenvalue weighted by Crippen LogP contribution is -2.42. The Balaban J connectivity index is 2.33. The van der Waals surface area contributed by atoms with Gasteiger partial charge in [0.1, 0.15) is 0 Å². The fourth-order valence-corrected chi connectivity index (χ4v) is 1.81. The van der Waals surface area contributed by atoms with Gasteiger partial charge in [-0.1, -0.05) is 0 Å². The third kappa shape index (κ3) is 3.57. The van der Waals surface area contributed by atoms with Gasteiger partial charge in [-0.15, -0.1) is 11.3 Å². The van der Waals surface area contributed by atoms with Crippen LogP contribution in [0.3, 0.4) is 0 Å². The molecule has 0 saturated heterocycles. The number of rotatable bonds is 5. The summed E-state index contributed by atoms with van der Waals surface area (Å²) < 4.78 is 0. The van der Waals surface area contributed by atoms with Crippen LogP contribution in [0.2, 0.25) is 0 Å². The van der Waals surface area contributed by atoms with Gasteiger partial charge in [-0.25, -0.2) is 4.98 Å². The quantitative estimate of drug-likeness (QED) is 0.811. The van der Waals surface area contributed by atoms with Crippen LogP contribution in [0.1, 0.15) is 24.5 Å². The lowest BCUT2D eigenvalue weighted by molar-refractivity contribution is -0.128. The molecule has 3 N–H and O–H groups in total. The van der Waals surface area contributed by atoms with Crippen molar-refractivity contribution in [2.24, 2.45) is 11.1 Å². The molecular formula is C11H19N3OS. The normalized spacial score (nSPS) is 11.5. The molecule has 1 aromatic heterocycles. The summed E-state index contributed by atoms with van der Waals surface area (Å²) in [6.45, 7) is 6.63. The van der Waals surface area contributed by atoms with Crippen molar-refractivity contribution in [1.29, 1.82) is 0 Å². The molecule has 0 aromatic carbocycles. The van der Waals surface area contributed by atoms with E-state index >= 15 is 0 Å². The first-order chi connectivity index (χ1) is 7.45. The molecular weight excluding hydrogens is 222 g/mol. The lowest BCUT2D eigenvalue weighted by Gasteiger charge is -2.20. The number of nitrogens with zero attached hydrogens (tertiary/aromatic N) is 1. The van der Waals surface area contributed by atoms with Crippen LogP contribution in [0.5, 0.6) is 0 Å². The van der Waals surface area contributed by atoms with Gasteiger partial charge < -0.3 is 11.1 Å². The minimum Gasteiger partial charge on any atom is -0.355 e. The van der Waals surface area contributed by atoms with Crippen LogP contribution in [0, 0.1) is 12.3 Å². The first kappa shape index (κ1) is 13.1. The summed E-state index contributed by atoms with van der Waals surface area (Å²) >= 11 is 1.63.